The third kappa shape index (κ3) is 3.31. The number of aliphatic hydroxyl groups excluding tert-OH is 1. The summed E-state index contributed by atoms with van der Waals surface area (Å²) in [6.07, 6.45) is 0.848. The molecule has 1 aliphatic rings. The van der Waals surface area contributed by atoms with Crippen LogP contribution in [0.4, 0.5) is 5.69 Å². The molecule has 0 amide bonds. The Kier molecular flexibility index (Phi) is 5.25. The van der Waals surface area contributed by atoms with E-state index >= 15 is 0 Å². The largest absolute Gasteiger partial charge is 0.506 e. The first-order valence-electron chi connectivity index (χ1n) is 10.1. The summed E-state index contributed by atoms with van der Waals surface area (Å²) in [5.74, 6) is -1.19. The zero-order valence-electron chi connectivity index (χ0n) is 17.6. The first-order chi connectivity index (χ1) is 15.2. The van der Waals surface area contributed by atoms with Gasteiger partial charge in [-0.3, -0.25) is 28.8 Å². The Morgan fingerprint density at radius 3 is 2.41 bits per heavy atom. The fourth-order valence-corrected chi connectivity index (χ4v) is 4.29. The van der Waals surface area contributed by atoms with Gasteiger partial charge in [-0.2, -0.15) is 0 Å². The molecule has 0 aliphatic heterocycles. The summed E-state index contributed by atoms with van der Waals surface area (Å²) in [5, 5.41) is 22.3. The van der Waals surface area contributed by atoms with Crippen molar-refractivity contribution in [1.29, 1.82) is 0 Å². The Morgan fingerprint density at radius 2 is 1.75 bits per heavy atom. The second-order valence-electron chi connectivity index (χ2n) is 7.84. The van der Waals surface area contributed by atoms with E-state index in [0.29, 0.717) is 28.6 Å². The van der Waals surface area contributed by atoms with Gasteiger partial charge in [0.2, 0.25) is 0 Å². The molecule has 1 saturated carbocycles. The molecule has 1 aliphatic carbocycles. The van der Waals surface area contributed by atoms with Crippen LogP contribution in [0, 0.1) is 17.0 Å². The van der Waals surface area contributed by atoms with Crippen molar-refractivity contribution in [3.05, 3.63) is 79.3 Å². The van der Waals surface area contributed by atoms with Gasteiger partial charge in [0, 0.05) is 37.1 Å². The van der Waals surface area contributed by atoms with Crippen molar-refractivity contribution >= 4 is 34.0 Å². The minimum atomic E-state index is -0.500. The van der Waals surface area contributed by atoms with E-state index in [9.17, 15) is 29.6 Å². The number of benzene rings is 2. The number of hydrogen-bond donors (Lipinski definition) is 1. The third-order valence-electron chi connectivity index (χ3n) is 5.93. The standard InChI is InChI=1S/C23H21N3O6/c1-13-15(22(29)20-18(27)8-5-9-19(20)28)10-11-17-21(13)25(23(30)24(17)2)12-14-6-3-4-7-16(14)26(31)32/h3-4,6-7,10-11,29H,5,8-9,12H2,1-2H3. The minimum Gasteiger partial charge on any atom is -0.506 e. The van der Waals surface area contributed by atoms with Crippen molar-refractivity contribution in [2.45, 2.75) is 32.7 Å². The van der Waals surface area contributed by atoms with Crippen LogP contribution < -0.4 is 5.69 Å². The van der Waals surface area contributed by atoms with Crippen LogP contribution >= 0.6 is 0 Å². The van der Waals surface area contributed by atoms with Gasteiger partial charge in [-0.15, -0.1) is 0 Å². The summed E-state index contributed by atoms with van der Waals surface area (Å²) in [6, 6.07) is 9.38. The monoisotopic (exact) mass is 435 g/mol. The van der Waals surface area contributed by atoms with E-state index in [1.165, 1.54) is 15.2 Å². The Hall–Kier alpha value is -4.01. The molecule has 164 valence electrons. The molecule has 9 heteroatoms. The second-order valence-corrected chi connectivity index (χ2v) is 7.84. The molecule has 1 heterocycles. The van der Waals surface area contributed by atoms with Crippen LogP contribution in [0.1, 0.15) is 36.0 Å². The molecule has 0 radical (unpaired) electrons. The molecule has 0 spiro atoms. The van der Waals surface area contributed by atoms with Gasteiger partial charge in [0.05, 0.1) is 22.5 Å². The molecule has 0 unspecified atom stereocenters. The molecule has 3 aromatic rings. The lowest BCUT2D eigenvalue weighted by Crippen LogP contribution is -2.23. The summed E-state index contributed by atoms with van der Waals surface area (Å²) in [4.78, 5) is 48.5. The highest BCUT2D eigenvalue weighted by Gasteiger charge is 2.29. The molecular formula is C23H21N3O6. The van der Waals surface area contributed by atoms with Crippen LogP contribution in [0.25, 0.3) is 16.8 Å². The fourth-order valence-electron chi connectivity index (χ4n) is 4.29. The number of aromatic nitrogens is 2. The molecule has 2 aromatic carbocycles. The molecule has 9 nitrogen and oxygen atoms in total. The number of hydrogen-bond acceptors (Lipinski definition) is 6. The number of aliphatic hydroxyl groups is 1. The minimum absolute atomic E-state index is 0.0488. The zero-order chi connectivity index (χ0) is 23.2. The highest BCUT2D eigenvalue weighted by atomic mass is 16.6. The van der Waals surface area contributed by atoms with Gasteiger partial charge in [0.25, 0.3) is 5.69 Å². The van der Waals surface area contributed by atoms with Gasteiger partial charge >= 0.3 is 5.69 Å². The van der Waals surface area contributed by atoms with E-state index in [1.54, 1.807) is 44.3 Å². The Balaban J connectivity index is 1.94. The smallest absolute Gasteiger partial charge is 0.329 e. The maximum atomic E-state index is 13.0. The topological polar surface area (TPSA) is 124 Å². The summed E-state index contributed by atoms with van der Waals surface area (Å²) < 4.78 is 2.82. The second kappa shape index (κ2) is 7.92. The van der Waals surface area contributed by atoms with Crippen LogP contribution in [-0.4, -0.2) is 30.7 Å². The fraction of sp³-hybridized carbons (Fsp3) is 0.261. The number of rotatable bonds is 4. The first kappa shape index (κ1) is 21.2. The number of allylic oxidation sites excluding steroid dienone is 1. The third-order valence-corrected chi connectivity index (χ3v) is 5.93. The molecule has 32 heavy (non-hydrogen) atoms. The van der Waals surface area contributed by atoms with Gasteiger partial charge in [0.15, 0.2) is 11.6 Å². The average molecular weight is 435 g/mol. The number of para-hydroxylation sites is 1. The number of ketones is 2. The van der Waals surface area contributed by atoms with Gasteiger partial charge in [-0.25, -0.2) is 4.79 Å². The number of nitro groups is 1. The SMILES string of the molecule is Cc1c(C(O)=C2C(=O)CCCC2=O)ccc2c1n(Cc1ccccc1[N+](=O)[O-])c(=O)n2C. The Morgan fingerprint density at radius 1 is 1.09 bits per heavy atom. The van der Waals surface area contributed by atoms with E-state index in [2.05, 4.69) is 0 Å². The molecule has 0 saturated heterocycles. The molecule has 4 rings (SSSR count). The van der Waals surface area contributed by atoms with E-state index in [4.69, 9.17) is 0 Å². The van der Waals surface area contributed by atoms with Crippen molar-refractivity contribution in [1.82, 2.24) is 9.13 Å². The van der Waals surface area contributed by atoms with Gasteiger partial charge < -0.3 is 5.11 Å². The predicted octanol–water partition coefficient (Wildman–Crippen LogP) is 3.20. The zero-order valence-corrected chi connectivity index (χ0v) is 17.6. The van der Waals surface area contributed by atoms with Crippen LogP contribution in [0.5, 0.6) is 0 Å². The van der Waals surface area contributed by atoms with Gasteiger partial charge in [-0.1, -0.05) is 18.2 Å². The number of aryl methyl sites for hydroxylation is 2. The van der Waals surface area contributed by atoms with E-state index in [1.807, 2.05) is 0 Å². The summed E-state index contributed by atoms with van der Waals surface area (Å²) in [5.41, 5.74) is 1.47. The van der Waals surface area contributed by atoms with E-state index < -0.39 is 22.2 Å². The quantitative estimate of drug-likeness (QED) is 0.221. The van der Waals surface area contributed by atoms with Crippen molar-refractivity contribution in [2.75, 3.05) is 0 Å². The van der Waals surface area contributed by atoms with Crippen molar-refractivity contribution in [3.63, 3.8) is 0 Å². The van der Waals surface area contributed by atoms with Crippen LogP contribution in [0.2, 0.25) is 0 Å². The maximum absolute atomic E-state index is 13.0. The van der Waals surface area contributed by atoms with E-state index in [-0.39, 0.29) is 41.9 Å². The number of imidazole rings is 1. The Labute approximate surface area is 182 Å². The first-order valence-corrected chi connectivity index (χ1v) is 10.1. The number of fused-ring (bicyclic) bond motifs is 1. The summed E-state index contributed by atoms with van der Waals surface area (Å²) >= 11 is 0. The maximum Gasteiger partial charge on any atom is 0.329 e. The number of carbonyl (C=O) groups excluding carboxylic acids is 2. The van der Waals surface area contributed by atoms with Crippen LogP contribution in [0.15, 0.2) is 46.8 Å². The molecule has 1 aromatic heterocycles. The molecule has 1 fully saturated rings. The van der Waals surface area contributed by atoms with Gasteiger partial charge in [0.1, 0.15) is 11.3 Å². The lowest BCUT2D eigenvalue weighted by Gasteiger charge is -2.16. The molecule has 0 bridgehead atoms. The van der Waals surface area contributed by atoms with Crippen LogP contribution in [-0.2, 0) is 23.2 Å². The van der Waals surface area contributed by atoms with E-state index in [0.717, 1.165) is 0 Å². The lowest BCUT2D eigenvalue weighted by molar-refractivity contribution is -0.385. The summed E-state index contributed by atoms with van der Waals surface area (Å²) in [7, 11) is 1.59. The van der Waals surface area contributed by atoms with Crippen molar-refractivity contribution in [3.8, 4) is 0 Å². The number of Topliss-reactive ketones (excluding diaryl/α,β-unsaturated/α-hetero) is 2. The average Bonchev–Trinajstić information content (AvgIpc) is 2.99. The molecule has 0 atom stereocenters. The highest BCUT2D eigenvalue weighted by molar-refractivity contribution is 6.25. The van der Waals surface area contributed by atoms with Crippen molar-refractivity contribution in [2.24, 2.45) is 7.05 Å². The highest BCUT2D eigenvalue weighted by Crippen LogP contribution is 2.31. The number of carbonyl (C=O) groups is 2. The lowest BCUT2D eigenvalue weighted by atomic mass is 9.89. The summed E-state index contributed by atoms with van der Waals surface area (Å²) in [6.45, 7) is 1.63. The normalized spacial score (nSPS) is 14.2. The van der Waals surface area contributed by atoms with Crippen molar-refractivity contribution < 1.29 is 19.6 Å². The predicted molar refractivity (Wildman–Crippen MR) is 118 cm³/mol. The van der Waals surface area contributed by atoms with Crippen LogP contribution in [0.3, 0.4) is 0 Å². The molecular weight excluding hydrogens is 414 g/mol. The number of nitrogens with zero attached hydrogens (tertiary/aromatic N) is 3. The molecule has 1 N–H and O–H groups in total. The number of nitro benzene ring substituents is 1. The Bertz CT molecular complexity index is 1370. The van der Waals surface area contributed by atoms with Gasteiger partial charge in [-0.05, 0) is 31.0 Å².